The first kappa shape index (κ1) is 9.52. The van der Waals surface area contributed by atoms with Crippen LogP contribution in [-0.2, 0) is 9.53 Å². The molecule has 0 aliphatic heterocycles. The van der Waals surface area contributed by atoms with Gasteiger partial charge in [0.2, 0.25) is 0 Å². The molecule has 0 aromatic rings. The average Bonchev–Trinajstić information content (AvgIpc) is 2.00. The fraction of sp³-hybridized carbons (Fsp3) is 0.889. The molecule has 0 spiro atoms. The third-order valence-electron chi connectivity index (χ3n) is 2.78. The summed E-state index contributed by atoms with van der Waals surface area (Å²) < 4.78 is 4.56. The first-order chi connectivity index (χ1) is 5.57. The van der Waals surface area contributed by atoms with E-state index in [1.54, 1.807) is 0 Å². The van der Waals surface area contributed by atoms with Crippen molar-refractivity contribution in [2.75, 3.05) is 7.11 Å². The molecule has 0 radical (unpaired) electrons. The molecule has 2 N–H and O–H groups in total. The van der Waals surface area contributed by atoms with Gasteiger partial charge in [0.15, 0.2) is 0 Å². The molecule has 1 rings (SSSR count). The Bertz CT molecular complexity index is 175. The number of hydrogen-bond donors (Lipinski definition) is 1. The summed E-state index contributed by atoms with van der Waals surface area (Å²) in [5.41, 5.74) is 5.95. The number of carbonyl (C=O) groups excluding carboxylic acids is 1. The highest BCUT2D eigenvalue weighted by Crippen LogP contribution is 2.43. The fourth-order valence-corrected chi connectivity index (χ4v) is 1.75. The predicted octanol–water partition coefficient (Wildman–Crippen LogP) is 1.07. The second-order valence-electron chi connectivity index (χ2n) is 4.00. The molecule has 1 aliphatic rings. The number of nitrogens with two attached hydrogens (primary N) is 1. The van der Waals surface area contributed by atoms with Crippen molar-refractivity contribution < 1.29 is 9.53 Å². The maximum absolute atomic E-state index is 11.0. The van der Waals surface area contributed by atoms with Crippen LogP contribution >= 0.6 is 0 Å². The lowest BCUT2D eigenvalue weighted by atomic mass is 9.67. The van der Waals surface area contributed by atoms with E-state index in [1.807, 2.05) is 0 Å². The van der Waals surface area contributed by atoms with E-state index in [0.717, 1.165) is 6.42 Å². The lowest BCUT2D eigenvalue weighted by Gasteiger charge is -2.39. The Balaban J connectivity index is 2.34. The Morgan fingerprint density at radius 2 is 2.25 bits per heavy atom. The smallest absolute Gasteiger partial charge is 0.322 e. The minimum atomic E-state index is -0.430. The maximum Gasteiger partial charge on any atom is 0.322 e. The van der Waals surface area contributed by atoms with Crippen LogP contribution in [0.2, 0.25) is 0 Å². The topological polar surface area (TPSA) is 52.3 Å². The Kier molecular flexibility index (Phi) is 2.73. The van der Waals surface area contributed by atoms with Gasteiger partial charge in [0.1, 0.15) is 6.04 Å². The maximum atomic E-state index is 11.0. The number of esters is 1. The zero-order valence-corrected chi connectivity index (χ0v) is 7.80. The van der Waals surface area contributed by atoms with Crippen molar-refractivity contribution in [2.24, 2.45) is 11.1 Å². The van der Waals surface area contributed by atoms with Gasteiger partial charge in [-0.05, 0) is 24.7 Å². The van der Waals surface area contributed by atoms with Gasteiger partial charge in [-0.1, -0.05) is 13.3 Å². The molecule has 1 unspecified atom stereocenters. The van der Waals surface area contributed by atoms with Crippen LogP contribution in [0.15, 0.2) is 0 Å². The van der Waals surface area contributed by atoms with Crippen LogP contribution in [-0.4, -0.2) is 19.1 Å². The normalized spacial score (nSPS) is 22.6. The Morgan fingerprint density at radius 1 is 1.67 bits per heavy atom. The second kappa shape index (κ2) is 3.44. The van der Waals surface area contributed by atoms with Gasteiger partial charge in [0.05, 0.1) is 7.11 Å². The van der Waals surface area contributed by atoms with Crippen LogP contribution in [0.3, 0.4) is 0 Å². The van der Waals surface area contributed by atoms with E-state index < -0.39 is 6.04 Å². The monoisotopic (exact) mass is 171 g/mol. The summed E-state index contributed by atoms with van der Waals surface area (Å²) >= 11 is 0. The first-order valence-electron chi connectivity index (χ1n) is 4.41. The Morgan fingerprint density at radius 3 is 2.58 bits per heavy atom. The molecule has 1 saturated carbocycles. The lowest BCUT2D eigenvalue weighted by molar-refractivity contribution is -0.143. The van der Waals surface area contributed by atoms with E-state index in [2.05, 4.69) is 11.7 Å². The molecular formula is C9H17NO2. The van der Waals surface area contributed by atoms with Crippen LogP contribution in [0.25, 0.3) is 0 Å². The van der Waals surface area contributed by atoms with Crippen molar-refractivity contribution in [3.63, 3.8) is 0 Å². The van der Waals surface area contributed by atoms with E-state index in [1.165, 1.54) is 26.4 Å². The number of ether oxygens (including phenoxy) is 1. The SMILES string of the molecule is COC(=O)C(N)CC1(C)CCC1. The molecule has 3 nitrogen and oxygen atoms in total. The highest BCUT2D eigenvalue weighted by Gasteiger charge is 2.35. The molecule has 70 valence electrons. The van der Waals surface area contributed by atoms with Gasteiger partial charge in [-0.15, -0.1) is 0 Å². The number of carbonyl (C=O) groups is 1. The summed E-state index contributed by atoms with van der Waals surface area (Å²) in [7, 11) is 1.38. The standard InChI is InChI=1S/C9H17NO2/c1-9(4-3-5-9)6-7(10)8(11)12-2/h7H,3-6,10H2,1-2H3. The van der Waals surface area contributed by atoms with Crippen LogP contribution in [0.5, 0.6) is 0 Å². The van der Waals surface area contributed by atoms with Gasteiger partial charge < -0.3 is 10.5 Å². The predicted molar refractivity (Wildman–Crippen MR) is 46.6 cm³/mol. The van der Waals surface area contributed by atoms with Crippen LogP contribution in [0, 0.1) is 5.41 Å². The Labute approximate surface area is 73.3 Å². The summed E-state index contributed by atoms with van der Waals surface area (Å²) in [6, 6.07) is -0.430. The van der Waals surface area contributed by atoms with Gasteiger partial charge >= 0.3 is 5.97 Å². The molecular weight excluding hydrogens is 154 g/mol. The molecule has 0 heterocycles. The van der Waals surface area contributed by atoms with Crippen LogP contribution < -0.4 is 5.73 Å². The van der Waals surface area contributed by atoms with E-state index in [0.29, 0.717) is 5.41 Å². The summed E-state index contributed by atoms with van der Waals surface area (Å²) in [6.45, 7) is 2.18. The second-order valence-corrected chi connectivity index (χ2v) is 4.00. The van der Waals surface area contributed by atoms with Gasteiger partial charge in [0.25, 0.3) is 0 Å². The zero-order valence-electron chi connectivity index (χ0n) is 7.80. The number of methoxy groups -OCH3 is 1. The van der Waals surface area contributed by atoms with Crippen molar-refractivity contribution in [3.8, 4) is 0 Å². The van der Waals surface area contributed by atoms with Crippen molar-refractivity contribution in [3.05, 3.63) is 0 Å². The van der Waals surface area contributed by atoms with Crippen LogP contribution in [0.4, 0.5) is 0 Å². The molecule has 0 bridgehead atoms. The molecule has 12 heavy (non-hydrogen) atoms. The highest BCUT2D eigenvalue weighted by atomic mass is 16.5. The highest BCUT2D eigenvalue weighted by molar-refractivity contribution is 5.75. The molecule has 0 aromatic carbocycles. The van der Waals surface area contributed by atoms with Crippen molar-refractivity contribution in [1.29, 1.82) is 0 Å². The minimum Gasteiger partial charge on any atom is -0.468 e. The zero-order chi connectivity index (χ0) is 9.19. The molecule has 3 heteroatoms. The lowest BCUT2D eigenvalue weighted by Crippen LogP contribution is -2.39. The van der Waals surface area contributed by atoms with Gasteiger partial charge in [0, 0.05) is 0 Å². The minimum absolute atomic E-state index is 0.289. The van der Waals surface area contributed by atoms with Crippen molar-refractivity contribution in [2.45, 2.75) is 38.6 Å². The molecule has 0 aromatic heterocycles. The summed E-state index contributed by atoms with van der Waals surface area (Å²) in [5, 5.41) is 0. The molecule has 1 atom stereocenters. The van der Waals surface area contributed by atoms with Crippen molar-refractivity contribution >= 4 is 5.97 Å². The Hall–Kier alpha value is -0.570. The average molecular weight is 171 g/mol. The summed E-state index contributed by atoms with van der Waals surface area (Å²) in [5.74, 6) is -0.289. The van der Waals surface area contributed by atoms with E-state index in [-0.39, 0.29) is 5.97 Å². The molecule has 1 aliphatic carbocycles. The quantitative estimate of drug-likeness (QED) is 0.646. The van der Waals surface area contributed by atoms with Gasteiger partial charge in [-0.25, -0.2) is 0 Å². The molecule has 0 saturated heterocycles. The summed E-state index contributed by atoms with van der Waals surface area (Å²) in [6.07, 6.45) is 4.42. The van der Waals surface area contributed by atoms with Gasteiger partial charge in [-0.2, -0.15) is 0 Å². The number of rotatable bonds is 3. The summed E-state index contributed by atoms with van der Waals surface area (Å²) in [4.78, 5) is 11.0. The third-order valence-corrected chi connectivity index (χ3v) is 2.78. The van der Waals surface area contributed by atoms with E-state index in [9.17, 15) is 4.79 Å². The van der Waals surface area contributed by atoms with E-state index in [4.69, 9.17) is 5.73 Å². The fourth-order valence-electron chi connectivity index (χ4n) is 1.75. The van der Waals surface area contributed by atoms with Gasteiger partial charge in [-0.3, -0.25) is 4.79 Å². The first-order valence-corrected chi connectivity index (χ1v) is 4.41. The molecule has 1 fully saturated rings. The van der Waals surface area contributed by atoms with Crippen molar-refractivity contribution in [1.82, 2.24) is 0 Å². The van der Waals surface area contributed by atoms with E-state index >= 15 is 0 Å². The van der Waals surface area contributed by atoms with Crippen LogP contribution in [0.1, 0.15) is 32.6 Å². The molecule has 0 amide bonds. The largest absolute Gasteiger partial charge is 0.468 e. The third kappa shape index (κ3) is 1.97. The number of hydrogen-bond acceptors (Lipinski definition) is 3.